The van der Waals surface area contributed by atoms with Gasteiger partial charge in [0.1, 0.15) is 6.33 Å². The van der Waals surface area contributed by atoms with Gasteiger partial charge in [0.15, 0.2) is 0 Å². The van der Waals surface area contributed by atoms with E-state index in [0.717, 1.165) is 4.88 Å². The maximum Gasteiger partial charge on any atom is 0.354 e. The summed E-state index contributed by atoms with van der Waals surface area (Å²) in [6.45, 7) is 2.46. The van der Waals surface area contributed by atoms with Crippen molar-refractivity contribution in [1.29, 1.82) is 0 Å². The number of nitrogens with zero attached hydrogens (tertiary/aromatic N) is 3. The number of rotatable bonds is 5. The molecule has 0 atom stereocenters. The lowest BCUT2D eigenvalue weighted by atomic mass is 10.4. The molecule has 100 valence electrons. The van der Waals surface area contributed by atoms with Crippen molar-refractivity contribution in [2.45, 2.75) is 13.5 Å². The zero-order chi connectivity index (χ0) is 13.8. The third-order valence-electron chi connectivity index (χ3n) is 2.37. The van der Waals surface area contributed by atoms with Crippen molar-refractivity contribution < 1.29 is 4.92 Å². The van der Waals surface area contributed by atoms with Gasteiger partial charge in [-0.1, -0.05) is 0 Å². The average Bonchev–Trinajstić information content (AvgIpc) is 2.81. The maximum absolute atomic E-state index is 11.0. The first kappa shape index (κ1) is 13.2. The van der Waals surface area contributed by atoms with Gasteiger partial charge >= 0.3 is 5.69 Å². The van der Waals surface area contributed by atoms with E-state index in [4.69, 9.17) is 5.84 Å². The van der Waals surface area contributed by atoms with Crippen molar-refractivity contribution >= 4 is 28.7 Å². The number of aryl methyl sites for hydroxylation is 1. The van der Waals surface area contributed by atoms with E-state index in [1.165, 1.54) is 11.2 Å². The number of hydrogen-bond donors (Lipinski definition) is 3. The molecule has 0 bridgehead atoms. The molecule has 0 unspecified atom stereocenters. The first-order chi connectivity index (χ1) is 9.11. The highest BCUT2D eigenvalue weighted by molar-refractivity contribution is 7.11. The Morgan fingerprint density at radius 3 is 2.74 bits per heavy atom. The van der Waals surface area contributed by atoms with E-state index in [0.29, 0.717) is 6.54 Å². The molecule has 0 aliphatic carbocycles. The van der Waals surface area contributed by atoms with Crippen LogP contribution in [0.3, 0.4) is 0 Å². The summed E-state index contributed by atoms with van der Waals surface area (Å²) < 4.78 is 0. The molecule has 2 aromatic heterocycles. The van der Waals surface area contributed by atoms with Gasteiger partial charge in [-0.15, -0.1) is 11.3 Å². The Morgan fingerprint density at radius 2 is 2.16 bits per heavy atom. The Morgan fingerprint density at radius 1 is 1.42 bits per heavy atom. The van der Waals surface area contributed by atoms with E-state index in [-0.39, 0.29) is 17.3 Å². The van der Waals surface area contributed by atoms with Crippen molar-refractivity contribution in [3.63, 3.8) is 0 Å². The molecule has 0 saturated heterocycles. The van der Waals surface area contributed by atoms with Gasteiger partial charge in [0, 0.05) is 9.75 Å². The zero-order valence-electron chi connectivity index (χ0n) is 10.1. The number of aromatic nitrogens is 2. The molecule has 0 spiro atoms. The van der Waals surface area contributed by atoms with Crippen LogP contribution in [0, 0.1) is 17.0 Å². The minimum absolute atomic E-state index is 0.0233. The number of nitrogen functional groups attached to an aromatic ring is 1. The van der Waals surface area contributed by atoms with Crippen molar-refractivity contribution in [3.05, 3.63) is 38.3 Å². The average molecular weight is 280 g/mol. The fourth-order valence-corrected chi connectivity index (χ4v) is 2.37. The number of nitro groups is 1. The second-order valence-corrected chi connectivity index (χ2v) is 5.06. The molecule has 0 radical (unpaired) electrons. The molecule has 0 amide bonds. The minimum atomic E-state index is -0.572. The number of anilines is 2. The molecule has 19 heavy (non-hydrogen) atoms. The van der Waals surface area contributed by atoms with Crippen LogP contribution >= 0.6 is 11.3 Å². The van der Waals surface area contributed by atoms with Crippen LogP contribution in [0.25, 0.3) is 0 Å². The molecular weight excluding hydrogens is 268 g/mol. The summed E-state index contributed by atoms with van der Waals surface area (Å²) in [5, 5.41) is 13.9. The zero-order valence-corrected chi connectivity index (χ0v) is 10.9. The van der Waals surface area contributed by atoms with Crippen molar-refractivity contribution in [2.75, 3.05) is 10.7 Å². The Balaban J connectivity index is 2.22. The van der Waals surface area contributed by atoms with Gasteiger partial charge < -0.3 is 10.7 Å². The second-order valence-electron chi connectivity index (χ2n) is 3.69. The molecule has 0 fully saturated rings. The molecule has 2 aromatic rings. The minimum Gasteiger partial charge on any atom is -0.359 e. The predicted octanol–water partition coefficient (Wildman–Crippen LogP) is 1.65. The largest absolute Gasteiger partial charge is 0.359 e. The van der Waals surface area contributed by atoms with E-state index in [1.54, 1.807) is 11.3 Å². The number of nitrogens with two attached hydrogens (primary N) is 1. The molecule has 0 saturated carbocycles. The van der Waals surface area contributed by atoms with E-state index < -0.39 is 4.92 Å². The Labute approximate surface area is 112 Å². The van der Waals surface area contributed by atoms with Gasteiger partial charge in [-0.3, -0.25) is 10.1 Å². The molecule has 2 rings (SSSR count). The molecule has 9 heteroatoms. The maximum atomic E-state index is 11.0. The van der Waals surface area contributed by atoms with Crippen LogP contribution in [-0.4, -0.2) is 14.9 Å². The highest BCUT2D eigenvalue weighted by Gasteiger charge is 2.22. The predicted molar refractivity (Wildman–Crippen MR) is 72.9 cm³/mol. The SMILES string of the molecule is Cc1ccc(CNc2ncnc(NN)c2[N+](=O)[O-])s1. The number of hydrazine groups is 1. The van der Waals surface area contributed by atoms with Gasteiger partial charge in [-0.25, -0.2) is 15.8 Å². The van der Waals surface area contributed by atoms with E-state index >= 15 is 0 Å². The Hall–Kier alpha value is -2.26. The third kappa shape index (κ3) is 2.95. The van der Waals surface area contributed by atoms with E-state index in [2.05, 4.69) is 20.7 Å². The van der Waals surface area contributed by atoms with Crippen LogP contribution in [0.15, 0.2) is 18.5 Å². The van der Waals surface area contributed by atoms with Gasteiger partial charge in [-0.05, 0) is 19.1 Å². The summed E-state index contributed by atoms with van der Waals surface area (Å²) in [6, 6.07) is 3.95. The Kier molecular flexibility index (Phi) is 3.88. The number of nitrogens with one attached hydrogen (secondary N) is 2. The van der Waals surface area contributed by atoms with Crippen LogP contribution in [0.2, 0.25) is 0 Å². The van der Waals surface area contributed by atoms with Gasteiger partial charge in [-0.2, -0.15) is 0 Å². The molecule has 0 aliphatic heterocycles. The highest BCUT2D eigenvalue weighted by atomic mass is 32.1. The van der Waals surface area contributed by atoms with Crippen molar-refractivity contribution in [1.82, 2.24) is 9.97 Å². The monoisotopic (exact) mass is 280 g/mol. The number of hydrogen-bond acceptors (Lipinski definition) is 8. The molecule has 8 nitrogen and oxygen atoms in total. The molecule has 0 aromatic carbocycles. The van der Waals surface area contributed by atoms with Crippen LogP contribution in [-0.2, 0) is 6.54 Å². The van der Waals surface area contributed by atoms with Crippen LogP contribution < -0.4 is 16.6 Å². The van der Waals surface area contributed by atoms with Crippen molar-refractivity contribution in [3.8, 4) is 0 Å². The van der Waals surface area contributed by atoms with Gasteiger partial charge in [0.05, 0.1) is 11.5 Å². The lowest BCUT2D eigenvalue weighted by Gasteiger charge is -2.06. The quantitative estimate of drug-likeness (QED) is 0.433. The summed E-state index contributed by atoms with van der Waals surface area (Å²) >= 11 is 1.62. The summed E-state index contributed by atoms with van der Waals surface area (Å²) in [7, 11) is 0. The Bertz CT molecular complexity index is 599. The van der Waals surface area contributed by atoms with Crippen molar-refractivity contribution in [2.24, 2.45) is 5.84 Å². The molecule has 2 heterocycles. The fraction of sp³-hybridized carbons (Fsp3) is 0.200. The standard InChI is InChI=1S/C10H12N6O2S/c1-6-2-3-7(19-6)4-12-9-8(16(17)18)10(15-11)14-5-13-9/h2-3,5H,4,11H2,1H3,(H2,12,13,14,15). The summed E-state index contributed by atoms with van der Waals surface area (Å²) in [5.74, 6) is 5.31. The lowest BCUT2D eigenvalue weighted by molar-refractivity contribution is -0.383. The van der Waals surface area contributed by atoms with Crippen LogP contribution in [0.4, 0.5) is 17.3 Å². The fourth-order valence-electron chi connectivity index (χ4n) is 1.54. The molecule has 4 N–H and O–H groups in total. The van der Waals surface area contributed by atoms with E-state index in [9.17, 15) is 10.1 Å². The first-order valence-electron chi connectivity index (χ1n) is 5.37. The lowest BCUT2D eigenvalue weighted by Crippen LogP contribution is -2.13. The summed E-state index contributed by atoms with van der Waals surface area (Å²) in [5.41, 5.74) is 1.92. The van der Waals surface area contributed by atoms with Gasteiger partial charge in [0.2, 0.25) is 11.6 Å². The van der Waals surface area contributed by atoms with Gasteiger partial charge in [0.25, 0.3) is 0 Å². The summed E-state index contributed by atoms with van der Waals surface area (Å²) in [6.07, 6.45) is 1.21. The molecule has 0 aliphatic rings. The van der Waals surface area contributed by atoms with Crippen LogP contribution in [0.5, 0.6) is 0 Å². The topological polar surface area (TPSA) is 119 Å². The number of thiophene rings is 1. The summed E-state index contributed by atoms with van der Waals surface area (Å²) in [4.78, 5) is 20.3. The molecular formula is C10H12N6O2S. The van der Waals surface area contributed by atoms with E-state index in [1.807, 2.05) is 19.1 Å². The normalized spacial score (nSPS) is 10.2. The highest BCUT2D eigenvalue weighted by Crippen LogP contribution is 2.28. The second kappa shape index (κ2) is 5.59. The third-order valence-corrected chi connectivity index (χ3v) is 3.37. The smallest absolute Gasteiger partial charge is 0.354 e. The van der Waals surface area contributed by atoms with Crippen LogP contribution in [0.1, 0.15) is 9.75 Å². The first-order valence-corrected chi connectivity index (χ1v) is 6.18.